The lowest BCUT2D eigenvalue weighted by molar-refractivity contribution is 0.0817. The predicted octanol–water partition coefficient (Wildman–Crippen LogP) is 4.27. The Bertz CT molecular complexity index is 1280. The highest BCUT2D eigenvalue weighted by Crippen LogP contribution is 2.33. The van der Waals surface area contributed by atoms with Gasteiger partial charge in [-0.15, -0.1) is 0 Å². The van der Waals surface area contributed by atoms with E-state index in [4.69, 9.17) is 24.0 Å². The molecule has 1 unspecified atom stereocenters. The van der Waals surface area contributed by atoms with Gasteiger partial charge in [0.15, 0.2) is 0 Å². The second kappa shape index (κ2) is 17.2. The van der Waals surface area contributed by atoms with Crippen LogP contribution in [-0.4, -0.2) is 94.6 Å². The number of hydrogen-bond acceptors (Lipinski definition) is 7. The monoisotopic (exact) mass is 651 g/mol. The number of benzene rings is 2. The molecule has 11 nitrogen and oxygen atoms in total. The smallest absolute Gasteiger partial charge is 0.407 e. The molecule has 13 heteroatoms. The fraction of sp³-hybridized carbons (Fsp3) is 0.516. The Labute approximate surface area is 263 Å². The summed E-state index contributed by atoms with van der Waals surface area (Å²) in [4.78, 5) is 33.7. The summed E-state index contributed by atoms with van der Waals surface area (Å²) < 4.78 is 42.9. The van der Waals surface area contributed by atoms with E-state index in [-0.39, 0.29) is 24.7 Å². The van der Waals surface area contributed by atoms with Gasteiger partial charge < -0.3 is 34.2 Å². The third-order valence-electron chi connectivity index (χ3n) is 7.16. The quantitative estimate of drug-likeness (QED) is 0.214. The molecule has 3 rings (SSSR count). The zero-order chi connectivity index (χ0) is 32.3. The number of carbonyl (C=O) groups is 1. The summed E-state index contributed by atoms with van der Waals surface area (Å²) in [6.07, 6.45) is 0.0293. The first kappa shape index (κ1) is 35.9. The molecule has 1 aliphatic rings. The Morgan fingerprint density at radius 2 is 1.84 bits per heavy atom. The number of alkyl carbamates (subject to hydrolysis) is 1. The van der Waals surface area contributed by atoms with Crippen molar-refractivity contribution in [3.63, 3.8) is 0 Å². The molecule has 0 aliphatic carbocycles. The molecule has 0 saturated carbocycles. The van der Waals surface area contributed by atoms with E-state index < -0.39 is 30.7 Å². The van der Waals surface area contributed by atoms with Crippen LogP contribution in [0.15, 0.2) is 60.0 Å². The maximum Gasteiger partial charge on any atom is 0.407 e. The summed E-state index contributed by atoms with van der Waals surface area (Å²) in [6, 6.07) is 14.4. The van der Waals surface area contributed by atoms with Crippen LogP contribution < -0.4 is 10.1 Å². The van der Waals surface area contributed by atoms with Crippen molar-refractivity contribution >= 4 is 30.2 Å². The van der Waals surface area contributed by atoms with E-state index in [0.29, 0.717) is 61.9 Å². The number of rotatable bonds is 17. The van der Waals surface area contributed by atoms with Crippen LogP contribution in [-0.2, 0) is 31.6 Å². The van der Waals surface area contributed by atoms with Crippen molar-refractivity contribution in [2.45, 2.75) is 50.3 Å². The predicted molar refractivity (Wildman–Crippen MR) is 172 cm³/mol. The molecule has 44 heavy (non-hydrogen) atoms. The molecule has 3 N–H and O–H groups in total. The zero-order valence-corrected chi connectivity index (χ0v) is 27.7. The molecule has 2 aromatic carbocycles. The minimum Gasteiger partial charge on any atom is -0.497 e. The molecule has 0 aromatic heterocycles. The first-order valence-corrected chi connectivity index (χ1v) is 17.6. The fourth-order valence-corrected chi connectivity index (χ4v) is 6.72. The Balaban J connectivity index is 1.74. The number of ether oxygens (including phenoxy) is 3. The number of methoxy groups -OCH3 is 1. The number of carbonyl (C=O) groups excluding carboxylic acids is 1. The highest BCUT2D eigenvalue weighted by Gasteiger charge is 2.25. The van der Waals surface area contributed by atoms with Crippen molar-refractivity contribution in [2.75, 3.05) is 53.2 Å². The Morgan fingerprint density at radius 1 is 1.16 bits per heavy atom. The molecule has 3 atom stereocenters. The van der Waals surface area contributed by atoms with Crippen molar-refractivity contribution < 1.29 is 37.6 Å². The average molecular weight is 652 g/mol. The molecule has 0 bridgehead atoms. The maximum absolute atomic E-state index is 13.6. The summed E-state index contributed by atoms with van der Waals surface area (Å²) in [6.45, 7) is 11.2. The fourth-order valence-electron chi connectivity index (χ4n) is 4.75. The van der Waals surface area contributed by atoms with E-state index >= 15 is 0 Å². The summed E-state index contributed by atoms with van der Waals surface area (Å²) in [5.74, 6) is 0.943. The normalized spacial score (nSPS) is 16.7. The summed E-state index contributed by atoms with van der Waals surface area (Å²) >= 11 is 0. The van der Waals surface area contributed by atoms with Crippen LogP contribution in [0.5, 0.6) is 5.75 Å². The van der Waals surface area contributed by atoms with Crippen LogP contribution in [0.25, 0.3) is 5.57 Å². The van der Waals surface area contributed by atoms with Crippen LogP contribution in [0.2, 0.25) is 0 Å². The second-order valence-corrected chi connectivity index (χ2v) is 14.7. The first-order chi connectivity index (χ1) is 20.8. The van der Waals surface area contributed by atoms with Crippen LogP contribution in [0, 0.1) is 5.92 Å². The highest BCUT2D eigenvalue weighted by molar-refractivity contribution is 7.82. The van der Waals surface area contributed by atoms with Crippen LogP contribution >= 0.6 is 7.60 Å². The summed E-state index contributed by atoms with van der Waals surface area (Å²) in [7, 11) is -2.09. The molecular weight excluding hydrogens is 605 g/mol. The van der Waals surface area contributed by atoms with Crippen molar-refractivity contribution in [1.29, 1.82) is 0 Å². The van der Waals surface area contributed by atoms with Gasteiger partial charge >= 0.3 is 13.7 Å². The molecule has 1 amide bonds. The largest absolute Gasteiger partial charge is 0.497 e. The third-order valence-corrected chi connectivity index (χ3v) is 9.41. The minimum atomic E-state index is -4.06. The standard InChI is InChI=1S/C31H46N3O8PS/c1-23(2)20-34(44(39)29-12-10-27(40-5)11-13-29)16-14-30(32-31(35)42-28-15-18-41-22-28)24(3)26-8-6-25(7-9-26)21-33(4)17-19-43(36,37)38/h6-13,23,28,30H,3,14-22H2,1-2,4-5H3,(H,32,35)(H2,36,37,38)/t28-,30-,44?/m1/s1. The van der Waals surface area contributed by atoms with Gasteiger partial charge in [-0.1, -0.05) is 44.7 Å². The Morgan fingerprint density at radius 3 is 2.41 bits per heavy atom. The van der Waals surface area contributed by atoms with Crippen LogP contribution in [0.3, 0.4) is 0 Å². The van der Waals surface area contributed by atoms with Gasteiger partial charge in [0, 0.05) is 32.6 Å². The van der Waals surface area contributed by atoms with E-state index in [1.165, 1.54) is 0 Å². The number of amides is 1. The van der Waals surface area contributed by atoms with E-state index in [1.807, 2.05) is 40.5 Å². The lowest BCUT2D eigenvalue weighted by Crippen LogP contribution is -2.41. The average Bonchev–Trinajstić information content (AvgIpc) is 3.49. The lowest BCUT2D eigenvalue weighted by atomic mass is 9.96. The van der Waals surface area contributed by atoms with E-state index in [0.717, 1.165) is 11.1 Å². The zero-order valence-electron chi connectivity index (χ0n) is 26.0. The lowest BCUT2D eigenvalue weighted by Gasteiger charge is -2.27. The van der Waals surface area contributed by atoms with Gasteiger partial charge in [0.05, 0.1) is 37.4 Å². The van der Waals surface area contributed by atoms with Crippen LogP contribution in [0.4, 0.5) is 4.79 Å². The second-order valence-electron chi connectivity index (χ2n) is 11.4. The van der Waals surface area contributed by atoms with Crippen molar-refractivity contribution in [3.8, 4) is 5.75 Å². The van der Waals surface area contributed by atoms with Gasteiger partial charge in [-0.2, -0.15) is 0 Å². The number of hydrogen-bond donors (Lipinski definition) is 3. The summed E-state index contributed by atoms with van der Waals surface area (Å²) in [5, 5.41) is 2.98. The van der Waals surface area contributed by atoms with E-state index in [1.54, 1.807) is 31.4 Å². The molecule has 1 saturated heterocycles. The first-order valence-electron chi connectivity index (χ1n) is 14.7. The van der Waals surface area contributed by atoms with Gasteiger partial charge in [0.1, 0.15) is 22.8 Å². The highest BCUT2D eigenvalue weighted by atomic mass is 32.2. The van der Waals surface area contributed by atoms with Crippen molar-refractivity contribution in [1.82, 2.24) is 14.5 Å². The maximum atomic E-state index is 13.6. The van der Waals surface area contributed by atoms with E-state index in [9.17, 15) is 13.6 Å². The van der Waals surface area contributed by atoms with Gasteiger partial charge in [-0.3, -0.25) is 4.57 Å². The van der Waals surface area contributed by atoms with E-state index in [2.05, 4.69) is 25.7 Å². The third kappa shape index (κ3) is 12.1. The molecule has 1 fully saturated rings. The molecule has 2 aromatic rings. The Hall–Kier alpha value is -2.57. The summed E-state index contributed by atoms with van der Waals surface area (Å²) in [5.41, 5.74) is 2.48. The SMILES string of the molecule is C=C(c1ccc(CN(C)CCP(=O)(O)O)cc1)[C@@H](CCN(CC(C)C)S(=O)c1ccc(OC)cc1)NC(=O)O[C@@H]1CCOC1. The Kier molecular flexibility index (Phi) is 14.0. The molecule has 0 spiro atoms. The molecular formula is C31H46N3O8PS. The number of nitrogens with one attached hydrogen (secondary N) is 1. The van der Waals surface area contributed by atoms with Crippen molar-refractivity contribution in [2.24, 2.45) is 5.92 Å². The van der Waals surface area contributed by atoms with Gasteiger partial charge in [0.2, 0.25) is 0 Å². The van der Waals surface area contributed by atoms with Gasteiger partial charge in [-0.25, -0.2) is 13.3 Å². The molecule has 0 radical (unpaired) electrons. The number of nitrogens with zero attached hydrogens (tertiary/aromatic N) is 2. The van der Waals surface area contributed by atoms with Gasteiger partial charge in [-0.05, 0) is 60.4 Å². The minimum absolute atomic E-state index is 0.202. The molecule has 244 valence electrons. The van der Waals surface area contributed by atoms with Crippen LogP contribution in [0.1, 0.15) is 37.8 Å². The van der Waals surface area contributed by atoms with Gasteiger partial charge in [0.25, 0.3) is 0 Å². The molecule has 1 aliphatic heterocycles. The topological polar surface area (TPSA) is 138 Å². The molecule has 1 heterocycles. The van der Waals surface area contributed by atoms with Crippen molar-refractivity contribution in [3.05, 3.63) is 66.2 Å².